The van der Waals surface area contributed by atoms with Crippen molar-refractivity contribution in [1.29, 1.82) is 0 Å². The van der Waals surface area contributed by atoms with Gasteiger partial charge in [-0.3, -0.25) is 0 Å². The van der Waals surface area contributed by atoms with E-state index in [9.17, 15) is 5.11 Å². The van der Waals surface area contributed by atoms with Crippen molar-refractivity contribution in [3.05, 3.63) is 0 Å². The second-order valence-electron chi connectivity index (χ2n) is 17.8. The quantitative estimate of drug-likeness (QED) is 0.0485. The lowest BCUT2D eigenvalue weighted by Crippen LogP contribution is -2.06. The summed E-state index contributed by atoms with van der Waals surface area (Å²) in [6, 6.07) is 0. The van der Waals surface area contributed by atoms with Crippen LogP contribution in [-0.4, -0.2) is 23.4 Å². The van der Waals surface area contributed by atoms with Gasteiger partial charge in [-0.05, 0) is 134 Å². The SMILES string of the molecule is C#CC#CC#CC.C#CC#CC#CC#CC#CC#CC#CC.CCCCCCCC.CCCCCCCCC(CO)CCCCCC.CCCCCCCCCCCCCCC.CCCCCCCCO. The van der Waals surface area contributed by atoms with E-state index in [0.717, 1.165) is 6.42 Å². The van der Waals surface area contributed by atoms with Crippen LogP contribution in [0.4, 0.5) is 0 Å². The molecule has 0 amide bonds. The first kappa shape index (κ1) is 78.0. The first-order valence-corrected chi connectivity index (χ1v) is 28.9. The van der Waals surface area contributed by atoms with Crippen molar-refractivity contribution in [2.75, 3.05) is 13.2 Å². The average Bonchev–Trinajstić information content (AvgIpc) is 3.39. The minimum Gasteiger partial charge on any atom is -0.396 e. The van der Waals surface area contributed by atoms with Gasteiger partial charge in [-0.1, -0.05) is 279 Å². The van der Waals surface area contributed by atoms with Crippen molar-refractivity contribution in [3.8, 4) is 119 Å². The molecule has 71 heavy (non-hydrogen) atoms. The second kappa shape index (κ2) is 88.5. The fourth-order valence-electron chi connectivity index (χ4n) is 6.75. The third-order valence-corrected chi connectivity index (χ3v) is 11.0. The summed E-state index contributed by atoms with van der Waals surface area (Å²) in [6.45, 7) is 20.0. The van der Waals surface area contributed by atoms with Crippen LogP contribution in [0, 0.1) is 125 Å². The maximum Gasteiger partial charge on any atom is 0.0459 e. The Morgan fingerprint density at radius 1 is 0.268 bits per heavy atom. The molecule has 0 aromatic carbocycles. The average molecular weight is 972 g/mol. The summed E-state index contributed by atoms with van der Waals surface area (Å²) in [4.78, 5) is 0. The molecule has 2 N–H and O–H groups in total. The molecule has 0 spiro atoms. The highest BCUT2D eigenvalue weighted by Gasteiger charge is 2.06. The van der Waals surface area contributed by atoms with Crippen molar-refractivity contribution >= 4 is 0 Å². The highest BCUT2D eigenvalue weighted by molar-refractivity contribution is 5.44. The van der Waals surface area contributed by atoms with Crippen LogP contribution in [0.25, 0.3) is 0 Å². The molecule has 0 fully saturated rings. The molecule has 0 aromatic heterocycles. The van der Waals surface area contributed by atoms with Gasteiger partial charge in [0.1, 0.15) is 0 Å². The molecule has 398 valence electrons. The van der Waals surface area contributed by atoms with E-state index in [2.05, 4.69) is 155 Å². The Kier molecular flexibility index (Phi) is 97.2. The van der Waals surface area contributed by atoms with E-state index in [1.165, 1.54) is 231 Å². The lowest BCUT2D eigenvalue weighted by Gasteiger charge is -2.13. The van der Waals surface area contributed by atoms with Crippen LogP contribution in [0.2, 0.25) is 0 Å². The normalized spacial score (nSPS) is 8.86. The van der Waals surface area contributed by atoms with Crippen molar-refractivity contribution in [2.24, 2.45) is 5.92 Å². The van der Waals surface area contributed by atoms with Crippen LogP contribution in [0.3, 0.4) is 0 Å². The lowest BCUT2D eigenvalue weighted by molar-refractivity contribution is 0.204. The Hall–Kier alpha value is -4.48. The molecule has 2 nitrogen and oxygen atoms in total. The van der Waals surface area contributed by atoms with Gasteiger partial charge in [0.25, 0.3) is 0 Å². The van der Waals surface area contributed by atoms with Gasteiger partial charge < -0.3 is 10.2 Å². The van der Waals surface area contributed by atoms with Gasteiger partial charge in [-0.15, -0.1) is 12.8 Å². The molecule has 0 saturated heterocycles. The maximum absolute atomic E-state index is 9.32. The topological polar surface area (TPSA) is 40.5 Å². The Bertz CT molecular complexity index is 1610. The number of hydrogen-bond donors (Lipinski definition) is 2. The zero-order valence-electron chi connectivity index (χ0n) is 48.2. The molecule has 0 saturated carbocycles. The van der Waals surface area contributed by atoms with Crippen LogP contribution in [0.15, 0.2) is 0 Å². The Morgan fingerprint density at radius 3 is 0.690 bits per heavy atom. The molecule has 0 aliphatic carbocycles. The summed E-state index contributed by atoms with van der Waals surface area (Å²) >= 11 is 0. The van der Waals surface area contributed by atoms with Crippen molar-refractivity contribution in [1.82, 2.24) is 0 Å². The van der Waals surface area contributed by atoms with Gasteiger partial charge in [0.15, 0.2) is 0 Å². The molecule has 0 aliphatic heterocycles. The third kappa shape index (κ3) is 104. The first-order valence-electron chi connectivity index (χ1n) is 28.9. The highest BCUT2D eigenvalue weighted by Crippen LogP contribution is 2.18. The molecule has 0 rings (SSSR count). The largest absolute Gasteiger partial charge is 0.396 e. The van der Waals surface area contributed by atoms with Gasteiger partial charge >= 0.3 is 0 Å². The molecule has 2 heteroatoms. The van der Waals surface area contributed by atoms with E-state index in [1.807, 2.05) is 0 Å². The first-order chi connectivity index (χ1) is 34.9. The van der Waals surface area contributed by atoms with Crippen molar-refractivity contribution in [2.45, 2.75) is 300 Å². The van der Waals surface area contributed by atoms with Crippen LogP contribution in [-0.2, 0) is 0 Å². The second-order valence-corrected chi connectivity index (χ2v) is 17.8. The van der Waals surface area contributed by atoms with Crippen molar-refractivity contribution in [3.63, 3.8) is 0 Å². The zero-order valence-corrected chi connectivity index (χ0v) is 48.2. The maximum atomic E-state index is 9.32. The predicted octanol–water partition coefficient (Wildman–Crippen LogP) is 18.4. The molecule has 0 radical (unpaired) electrons. The fourth-order valence-corrected chi connectivity index (χ4v) is 6.75. The van der Waals surface area contributed by atoms with Gasteiger partial charge in [-0.25, -0.2) is 0 Å². The van der Waals surface area contributed by atoms with E-state index in [4.69, 9.17) is 18.0 Å². The monoisotopic (exact) mass is 971 g/mol. The Balaban J connectivity index is -0.000000184. The molecule has 0 aliphatic rings. The molecule has 0 heterocycles. The minimum absolute atomic E-state index is 0.367. The van der Waals surface area contributed by atoms with Crippen LogP contribution in [0.1, 0.15) is 300 Å². The summed E-state index contributed by atoms with van der Waals surface area (Å²) < 4.78 is 0. The van der Waals surface area contributed by atoms with Crippen molar-refractivity contribution < 1.29 is 10.2 Å². The Labute approximate surface area is 446 Å². The molecule has 1 unspecified atom stereocenters. The predicted molar refractivity (Wildman–Crippen MR) is 319 cm³/mol. The van der Waals surface area contributed by atoms with Gasteiger partial charge in [0, 0.05) is 13.2 Å². The smallest absolute Gasteiger partial charge is 0.0459 e. The third-order valence-electron chi connectivity index (χ3n) is 11.0. The number of aliphatic hydroxyl groups excluding tert-OH is 2. The number of hydrogen-bond acceptors (Lipinski definition) is 2. The summed E-state index contributed by atoms with van der Waals surface area (Å²) in [6.07, 6.45) is 60.6. The zero-order chi connectivity index (χ0) is 53.9. The minimum atomic E-state index is 0.367. The Morgan fingerprint density at radius 2 is 0.465 bits per heavy atom. The van der Waals surface area contributed by atoms with E-state index < -0.39 is 0 Å². The summed E-state index contributed by atoms with van der Waals surface area (Å²) in [7, 11) is 0. The highest BCUT2D eigenvalue weighted by atomic mass is 16.3. The summed E-state index contributed by atoms with van der Waals surface area (Å²) in [5.74, 6) is 44.5. The van der Waals surface area contributed by atoms with Crippen LogP contribution >= 0.6 is 0 Å². The number of unbranched alkanes of at least 4 members (excludes halogenated alkanes) is 30. The van der Waals surface area contributed by atoms with E-state index in [1.54, 1.807) is 13.8 Å². The van der Waals surface area contributed by atoms with Gasteiger partial charge in [-0.2, -0.15) is 0 Å². The standard InChI is InChI=1S/C16H34O.C15H32.C15H4.C8H18O.C8H18.C7H4/c1-3-5-7-9-10-12-14-16(15-17)13-11-8-6-4-2;2*1-3-5-7-9-11-13-15-14-12-10-8-6-4-2;1-2-3-4-5-6-7-8-9;1-3-5-7-8-6-4-2;1-3-5-7-6-4-2/h16-17H,3-15H2,1-2H3;3-15H2,1-2H3;1H,2H3;9H,2-8H2,1H3;3-8H2,1-2H3;1H,2H3. The molecular weight excluding hydrogens is 861 g/mol. The van der Waals surface area contributed by atoms with Crippen LogP contribution in [0.5, 0.6) is 0 Å². The van der Waals surface area contributed by atoms with Gasteiger partial charge in [0.05, 0.1) is 0 Å². The van der Waals surface area contributed by atoms with E-state index in [-0.39, 0.29) is 0 Å². The molecule has 1 atom stereocenters. The lowest BCUT2D eigenvalue weighted by atomic mass is 9.95. The molecule has 0 aromatic rings. The number of terminal acetylenes is 2. The van der Waals surface area contributed by atoms with Crippen LogP contribution < -0.4 is 0 Å². The summed E-state index contributed by atoms with van der Waals surface area (Å²) in [5, 5.41) is 17.7. The fraction of sp³-hybridized carbons (Fsp3) is 0.710. The molecule has 0 bridgehead atoms. The molecular formula is C69H110O2. The van der Waals surface area contributed by atoms with E-state index in [0.29, 0.717) is 19.1 Å². The van der Waals surface area contributed by atoms with E-state index >= 15 is 0 Å². The number of aliphatic hydroxyl groups is 2. The van der Waals surface area contributed by atoms with Gasteiger partial charge in [0.2, 0.25) is 0 Å². The number of rotatable bonds is 36. The summed E-state index contributed by atoms with van der Waals surface area (Å²) in [5.41, 5.74) is 0.